The lowest BCUT2D eigenvalue weighted by Gasteiger charge is -2.34. The van der Waals surface area contributed by atoms with Gasteiger partial charge in [0.05, 0.1) is 4.90 Å². The number of hydrogen-bond donors (Lipinski definition) is 1. The fourth-order valence-corrected chi connectivity index (χ4v) is 8.53. The molecular formula is C29H38N2O5S. The van der Waals surface area contributed by atoms with Crippen molar-refractivity contribution in [1.29, 1.82) is 0 Å². The van der Waals surface area contributed by atoms with E-state index in [0.29, 0.717) is 43.5 Å². The van der Waals surface area contributed by atoms with Crippen molar-refractivity contribution in [2.24, 2.45) is 17.8 Å². The Morgan fingerprint density at radius 2 is 1.84 bits per heavy atom. The second-order valence-electron chi connectivity index (χ2n) is 10.9. The van der Waals surface area contributed by atoms with Crippen LogP contribution in [0, 0.1) is 31.6 Å². The number of nitrogens with one attached hydrogen (secondary N) is 1. The van der Waals surface area contributed by atoms with Crippen molar-refractivity contribution in [2.45, 2.75) is 62.4 Å². The van der Waals surface area contributed by atoms with Crippen LogP contribution in [0.2, 0.25) is 0 Å². The van der Waals surface area contributed by atoms with Crippen LogP contribution in [0.5, 0.6) is 0 Å². The summed E-state index contributed by atoms with van der Waals surface area (Å²) in [4.78, 5) is 15.7. The molecule has 2 aromatic rings. The fraction of sp³-hybridized carbons (Fsp3) is 0.552. The number of sulfone groups is 1. The number of rotatable bonds is 7. The molecule has 7 nitrogen and oxygen atoms in total. The van der Waals surface area contributed by atoms with Crippen LogP contribution in [0.15, 0.2) is 53.4 Å². The summed E-state index contributed by atoms with van der Waals surface area (Å²) in [6.45, 7) is 6.78. The van der Waals surface area contributed by atoms with Crippen molar-refractivity contribution in [3.63, 3.8) is 0 Å². The summed E-state index contributed by atoms with van der Waals surface area (Å²) in [7, 11) is -3.55. The van der Waals surface area contributed by atoms with E-state index in [4.69, 9.17) is 9.47 Å². The number of nitrogens with zero attached hydrogens (tertiary/aromatic N) is 1. The van der Waals surface area contributed by atoms with Gasteiger partial charge in [-0.2, -0.15) is 0 Å². The number of carbonyl (C=O) groups excluding carboxylic acids is 1. The van der Waals surface area contributed by atoms with Gasteiger partial charge in [0.2, 0.25) is 0 Å². The van der Waals surface area contributed by atoms with Crippen LogP contribution >= 0.6 is 0 Å². The quantitative estimate of drug-likeness (QED) is 0.573. The number of aryl methyl sites for hydroxylation is 2. The van der Waals surface area contributed by atoms with Gasteiger partial charge in [0.15, 0.2) is 9.84 Å². The van der Waals surface area contributed by atoms with Gasteiger partial charge in [0, 0.05) is 25.8 Å². The second kappa shape index (κ2) is 11.1. The molecule has 2 aromatic carbocycles. The Morgan fingerprint density at radius 3 is 2.57 bits per heavy atom. The van der Waals surface area contributed by atoms with E-state index < -0.39 is 15.2 Å². The van der Waals surface area contributed by atoms with Gasteiger partial charge in [-0.25, -0.2) is 13.2 Å². The molecule has 200 valence electrons. The summed E-state index contributed by atoms with van der Waals surface area (Å²) >= 11 is 0. The zero-order chi connectivity index (χ0) is 26.0. The van der Waals surface area contributed by atoms with Gasteiger partial charge in [0.1, 0.15) is 12.0 Å². The molecule has 1 N–H and O–H groups in total. The minimum Gasteiger partial charge on any atom is -0.445 e. The number of amides is 1. The van der Waals surface area contributed by atoms with Crippen LogP contribution in [-0.2, 0) is 25.9 Å². The van der Waals surface area contributed by atoms with Crippen molar-refractivity contribution in [3.05, 3.63) is 65.2 Å². The predicted molar refractivity (Wildman–Crippen MR) is 142 cm³/mol. The predicted octanol–water partition coefficient (Wildman–Crippen LogP) is 4.47. The van der Waals surface area contributed by atoms with Crippen molar-refractivity contribution in [2.75, 3.05) is 26.3 Å². The minimum atomic E-state index is -3.55. The second-order valence-corrected chi connectivity index (χ2v) is 13.0. The molecule has 1 saturated carbocycles. The standard InChI is InChI=1S/C29H38N2O5S/c1-20-8-9-27(21(2)14-20)37(33,34)28-26-16-25(15-24(26)17-30-28)31(18-22-10-12-35-13-11-22)29(32)36-19-23-6-4-3-5-7-23/h3-9,14,22,24-26,28,30H,10-13,15-19H2,1-2H3/t24-,25+,26+,28+/m0/s1. The van der Waals surface area contributed by atoms with Crippen molar-refractivity contribution >= 4 is 15.9 Å². The van der Waals surface area contributed by atoms with E-state index >= 15 is 0 Å². The molecule has 2 saturated heterocycles. The molecule has 3 aliphatic rings. The third-order valence-electron chi connectivity index (χ3n) is 8.34. The Balaban J connectivity index is 1.32. The monoisotopic (exact) mass is 526 g/mol. The van der Waals surface area contributed by atoms with E-state index in [1.807, 2.05) is 61.2 Å². The van der Waals surface area contributed by atoms with Gasteiger partial charge >= 0.3 is 6.09 Å². The zero-order valence-corrected chi connectivity index (χ0v) is 22.6. The summed E-state index contributed by atoms with van der Waals surface area (Å²) in [5, 5.41) is 2.69. The first-order valence-electron chi connectivity index (χ1n) is 13.4. The molecule has 1 aliphatic carbocycles. The largest absolute Gasteiger partial charge is 0.445 e. The van der Waals surface area contributed by atoms with Crippen molar-refractivity contribution in [1.82, 2.24) is 10.2 Å². The van der Waals surface area contributed by atoms with E-state index in [1.54, 1.807) is 6.07 Å². The SMILES string of the molecule is Cc1ccc(S(=O)(=O)[C@H]2NC[C@@H]3C[C@@H](N(CC4CCOCC4)C(=O)OCc4ccccc4)C[C@H]32)c(C)c1. The highest BCUT2D eigenvalue weighted by atomic mass is 32.2. The highest BCUT2D eigenvalue weighted by Crippen LogP contribution is 2.44. The van der Waals surface area contributed by atoms with Crippen LogP contribution in [0.25, 0.3) is 0 Å². The molecule has 5 rings (SSSR count). The third kappa shape index (κ3) is 5.71. The zero-order valence-electron chi connectivity index (χ0n) is 21.8. The first-order valence-corrected chi connectivity index (χ1v) is 15.0. The van der Waals surface area contributed by atoms with Gasteiger partial charge in [-0.3, -0.25) is 0 Å². The molecule has 0 unspecified atom stereocenters. The summed E-state index contributed by atoms with van der Waals surface area (Å²) < 4.78 is 38.7. The molecule has 3 fully saturated rings. The first-order chi connectivity index (χ1) is 17.8. The van der Waals surface area contributed by atoms with E-state index in [1.165, 1.54) is 0 Å². The molecule has 0 radical (unpaired) electrons. The van der Waals surface area contributed by atoms with Crippen LogP contribution in [-0.4, -0.2) is 57.1 Å². The summed E-state index contributed by atoms with van der Waals surface area (Å²) in [5.74, 6) is 0.552. The maximum absolute atomic E-state index is 13.7. The van der Waals surface area contributed by atoms with Gasteiger partial charge in [-0.05, 0) is 81.0 Å². The molecule has 0 spiro atoms. The number of hydrogen-bond acceptors (Lipinski definition) is 6. The lowest BCUT2D eigenvalue weighted by atomic mass is 9.98. The molecule has 0 bridgehead atoms. The third-order valence-corrected chi connectivity index (χ3v) is 10.6. The molecule has 2 aliphatic heterocycles. The summed E-state index contributed by atoms with van der Waals surface area (Å²) in [6, 6.07) is 15.2. The lowest BCUT2D eigenvalue weighted by molar-refractivity contribution is 0.0352. The molecule has 0 aromatic heterocycles. The van der Waals surface area contributed by atoms with Crippen molar-refractivity contribution < 1.29 is 22.7 Å². The summed E-state index contributed by atoms with van der Waals surface area (Å²) in [5.41, 5.74) is 2.78. The molecule has 8 heteroatoms. The van der Waals surface area contributed by atoms with E-state index in [9.17, 15) is 13.2 Å². The van der Waals surface area contributed by atoms with Gasteiger partial charge < -0.3 is 19.7 Å². The van der Waals surface area contributed by atoms with E-state index in [0.717, 1.165) is 36.0 Å². The smallest absolute Gasteiger partial charge is 0.410 e. The number of carbonyl (C=O) groups is 1. The fourth-order valence-electron chi connectivity index (χ4n) is 6.38. The molecule has 4 atom stereocenters. The lowest BCUT2D eigenvalue weighted by Crippen LogP contribution is -2.45. The maximum atomic E-state index is 13.7. The molecular weight excluding hydrogens is 488 g/mol. The number of ether oxygens (including phenoxy) is 2. The Labute approximate surface area is 220 Å². The summed E-state index contributed by atoms with van der Waals surface area (Å²) in [6.07, 6.45) is 3.00. The average Bonchev–Trinajstić information content (AvgIpc) is 3.48. The molecule has 1 amide bonds. The van der Waals surface area contributed by atoms with E-state index in [-0.39, 0.29) is 30.6 Å². The normalized spacial score (nSPS) is 26.1. The molecule has 2 heterocycles. The van der Waals surface area contributed by atoms with Crippen LogP contribution in [0.1, 0.15) is 42.4 Å². The van der Waals surface area contributed by atoms with Gasteiger partial charge in [-0.15, -0.1) is 0 Å². The van der Waals surface area contributed by atoms with Crippen LogP contribution in [0.3, 0.4) is 0 Å². The van der Waals surface area contributed by atoms with Gasteiger partial charge in [-0.1, -0.05) is 48.0 Å². The Hall–Kier alpha value is -2.42. The van der Waals surface area contributed by atoms with Crippen molar-refractivity contribution in [3.8, 4) is 0 Å². The first kappa shape index (κ1) is 26.2. The Morgan fingerprint density at radius 1 is 1.08 bits per heavy atom. The van der Waals surface area contributed by atoms with Crippen LogP contribution < -0.4 is 5.32 Å². The number of benzene rings is 2. The van der Waals surface area contributed by atoms with Crippen LogP contribution in [0.4, 0.5) is 4.79 Å². The highest BCUT2D eigenvalue weighted by molar-refractivity contribution is 7.92. The minimum absolute atomic E-state index is 0.0277. The van der Waals surface area contributed by atoms with E-state index in [2.05, 4.69) is 5.32 Å². The Kier molecular flexibility index (Phi) is 7.88. The maximum Gasteiger partial charge on any atom is 0.410 e. The average molecular weight is 527 g/mol. The number of fused-ring (bicyclic) bond motifs is 1. The topological polar surface area (TPSA) is 84.9 Å². The molecule has 37 heavy (non-hydrogen) atoms. The van der Waals surface area contributed by atoms with Gasteiger partial charge in [0.25, 0.3) is 0 Å². The highest BCUT2D eigenvalue weighted by Gasteiger charge is 2.51. The Bertz CT molecular complexity index is 1200.